The Kier molecular flexibility index (Phi) is 16.9. The first kappa shape index (κ1) is 38.3. The van der Waals surface area contributed by atoms with Gasteiger partial charge in [0.05, 0.1) is 0 Å². The van der Waals surface area contributed by atoms with Gasteiger partial charge in [-0.25, -0.2) is 0 Å². The van der Waals surface area contributed by atoms with Gasteiger partial charge in [0.25, 0.3) is 0 Å². The molecule has 0 aromatic heterocycles. The smallest absolute Gasteiger partial charge is 0.306 e. The Morgan fingerprint density at radius 3 is 1.61 bits per heavy atom. The van der Waals surface area contributed by atoms with Crippen LogP contribution in [-0.4, -0.2) is 60.7 Å². The average molecular weight is 598 g/mol. The highest BCUT2D eigenvalue weighted by Crippen LogP contribution is 2.38. The maximum absolute atomic E-state index is 12.7. The summed E-state index contributed by atoms with van der Waals surface area (Å²) in [5, 5.41) is 0. The number of rotatable bonds is 19. The molecule has 1 saturated heterocycles. The van der Waals surface area contributed by atoms with Crippen LogP contribution >= 0.6 is 11.8 Å². The fraction of sp³-hybridized carbons (Fsp3) is 0.943. The van der Waals surface area contributed by atoms with Crippen molar-refractivity contribution in [2.24, 2.45) is 21.7 Å². The van der Waals surface area contributed by atoms with Crippen LogP contribution in [0.25, 0.3) is 0 Å². The second-order valence-electron chi connectivity index (χ2n) is 16.6. The second-order valence-corrected chi connectivity index (χ2v) is 17.9. The lowest BCUT2D eigenvalue weighted by Gasteiger charge is -2.32. The molecular formula is C35H67NO4S. The summed E-state index contributed by atoms with van der Waals surface area (Å²) < 4.78 is 11.5. The third-order valence-electron chi connectivity index (χ3n) is 7.78. The Morgan fingerprint density at radius 1 is 0.683 bits per heavy atom. The predicted octanol–water partition coefficient (Wildman–Crippen LogP) is 9.32. The maximum atomic E-state index is 12.7. The summed E-state index contributed by atoms with van der Waals surface area (Å²) in [7, 11) is 0. The third kappa shape index (κ3) is 21.6. The van der Waals surface area contributed by atoms with Gasteiger partial charge in [0.2, 0.25) is 0 Å². The van der Waals surface area contributed by atoms with Gasteiger partial charge in [-0.1, -0.05) is 94.9 Å². The summed E-state index contributed by atoms with van der Waals surface area (Å²) in [5.74, 6) is 1.85. The number of hydrogen-bond acceptors (Lipinski definition) is 6. The summed E-state index contributed by atoms with van der Waals surface area (Å²) in [6.45, 7) is 26.0. The molecule has 0 radical (unpaired) electrons. The standard InChI is InChI=1S/C35H67NO4S/c1-32(2,3)27-34(7,8)19-15-11-13-17-30(37)39-26-29(25-36-21-23-41-24-22-36)40-31(38)18-14-12-16-20-35(9,10)28-33(4,5)6/h29H,11-28H2,1-10H3. The molecular weight excluding hydrogens is 530 g/mol. The highest BCUT2D eigenvalue weighted by atomic mass is 32.2. The number of ether oxygens (including phenoxy) is 2. The zero-order chi connectivity index (χ0) is 31.2. The van der Waals surface area contributed by atoms with E-state index in [0.29, 0.717) is 41.0 Å². The van der Waals surface area contributed by atoms with E-state index in [9.17, 15) is 9.59 Å². The molecule has 0 aromatic rings. The van der Waals surface area contributed by atoms with Gasteiger partial charge >= 0.3 is 11.9 Å². The monoisotopic (exact) mass is 597 g/mol. The fourth-order valence-corrected chi connectivity index (χ4v) is 7.82. The van der Waals surface area contributed by atoms with Crippen molar-refractivity contribution in [2.45, 2.75) is 152 Å². The van der Waals surface area contributed by atoms with Crippen molar-refractivity contribution in [1.82, 2.24) is 4.90 Å². The fourth-order valence-electron chi connectivity index (χ4n) is 6.85. The molecule has 1 aliphatic rings. The van der Waals surface area contributed by atoms with Crippen LogP contribution in [0, 0.1) is 21.7 Å². The van der Waals surface area contributed by atoms with Crippen LogP contribution in [0.2, 0.25) is 0 Å². The zero-order valence-electron chi connectivity index (χ0n) is 28.8. The van der Waals surface area contributed by atoms with Crippen molar-refractivity contribution in [1.29, 1.82) is 0 Å². The quantitative estimate of drug-likeness (QED) is 0.109. The molecule has 5 nitrogen and oxygen atoms in total. The normalized spacial score (nSPS) is 16.4. The summed E-state index contributed by atoms with van der Waals surface area (Å²) in [5.41, 5.74) is 1.32. The topological polar surface area (TPSA) is 55.8 Å². The third-order valence-corrected chi connectivity index (χ3v) is 8.72. The summed E-state index contributed by atoms with van der Waals surface area (Å²) in [6, 6.07) is 0. The molecule has 0 saturated carbocycles. The van der Waals surface area contributed by atoms with Gasteiger partial charge in [-0.15, -0.1) is 0 Å². The van der Waals surface area contributed by atoms with Crippen molar-refractivity contribution in [3.8, 4) is 0 Å². The molecule has 1 heterocycles. The first-order valence-corrected chi connectivity index (χ1v) is 17.7. The van der Waals surface area contributed by atoms with Crippen LogP contribution < -0.4 is 0 Å². The second kappa shape index (κ2) is 18.1. The lowest BCUT2D eigenvalue weighted by molar-refractivity contribution is -0.160. The van der Waals surface area contributed by atoms with Crippen LogP contribution in [0.5, 0.6) is 0 Å². The van der Waals surface area contributed by atoms with Crippen LogP contribution in [0.15, 0.2) is 0 Å². The highest BCUT2D eigenvalue weighted by molar-refractivity contribution is 7.99. The molecule has 1 atom stereocenters. The molecule has 0 aromatic carbocycles. The number of unbranched alkanes of at least 4 members (excludes halogenated alkanes) is 4. The highest BCUT2D eigenvalue weighted by Gasteiger charge is 2.26. The molecule has 41 heavy (non-hydrogen) atoms. The predicted molar refractivity (Wildman–Crippen MR) is 176 cm³/mol. The van der Waals surface area contributed by atoms with Gasteiger partial charge in [-0.05, 0) is 60.2 Å². The van der Waals surface area contributed by atoms with Crippen molar-refractivity contribution in [3.63, 3.8) is 0 Å². The van der Waals surface area contributed by atoms with Crippen molar-refractivity contribution in [2.75, 3.05) is 37.7 Å². The molecule has 0 aliphatic carbocycles. The van der Waals surface area contributed by atoms with Crippen molar-refractivity contribution in [3.05, 3.63) is 0 Å². The molecule has 1 rings (SSSR count). The van der Waals surface area contributed by atoms with E-state index in [1.54, 1.807) is 0 Å². The molecule has 0 bridgehead atoms. The van der Waals surface area contributed by atoms with Gasteiger partial charge in [0, 0.05) is 44.0 Å². The first-order chi connectivity index (χ1) is 18.9. The van der Waals surface area contributed by atoms with Gasteiger partial charge in [-0.3, -0.25) is 14.5 Å². The number of thioether (sulfide) groups is 1. The lowest BCUT2D eigenvalue weighted by Crippen LogP contribution is -2.42. The molecule has 1 aliphatic heterocycles. The maximum Gasteiger partial charge on any atom is 0.306 e. The Hall–Kier alpha value is -0.750. The van der Waals surface area contributed by atoms with E-state index in [1.807, 2.05) is 11.8 Å². The summed E-state index contributed by atoms with van der Waals surface area (Å²) >= 11 is 1.96. The summed E-state index contributed by atoms with van der Waals surface area (Å²) in [6.07, 6.45) is 11.3. The minimum Gasteiger partial charge on any atom is -0.462 e. The van der Waals surface area contributed by atoms with E-state index in [1.165, 1.54) is 25.7 Å². The minimum atomic E-state index is -0.390. The number of esters is 2. The van der Waals surface area contributed by atoms with Crippen molar-refractivity contribution < 1.29 is 19.1 Å². The van der Waals surface area contributed by atoms with Gasteiger partial charge in [0.15, 0.2) is 0 Å². The molecule has 0 N–H and O–H groups in total. The first-order valence-electron chi connectivity index (χ1n) is 16.5. The van der Waals surface area contributed by atoms with Gasteiger partial charge in [0.1, 0.15) is 12.7 Å². The van der Waals surface area contributed by atoms with Gasteiger partial charge < -0.3 is 9.47 Å². The Balaban J connectivity index is 2.40. The van der Waals surface area contributed by atoms with Crippen molar-refractivity contribution >= 4 is 23.7 Å². The number of carbonyl (C=O) groups is 2. The Labute approximate surface area is 259 Å². The largest absolute Gasteiger partial charge is 0.462 e. The number of nitrogens with zero attached hydrogens (tertiary/aromatic N) is 1. The van der Waals surface area contributed by atoms with Crippen LogP contribution in [0.1, 0.15) is 146 Å². The molecule has 1 fully saturated rings. The number of carbonyl (C=O) groups excluding carboxylic acids is 2. The Bertz CT molecular complexity index is 744. The van der Waals surface area contributed by atoms with Crippen LogP contribution in [0.3, 0.4) is 0 Å². The van der Waals surface area contributed by atoms with E-state index in [4.69, 9.17) is 9.47 Å². The molecule has 6 heteroatoms. The van der Waals surface area contributed by atoms with Gasteiger partial charge in [-0.2, -0.15) is 11.8 Å². The molecule has 1 unspecified atom stereocenters. The van der Waals surface area contributed by atoms with E-state index in [2.05, 4.69) is 74.1 Å². The van der Waals surface area contributed by atoms with E-state index in [0.717, 1.165) is 63.1 Å². The lowest BCUT2D eigenvalue weighted by atomic mass is 9.73. The van der Waals surface area contributed by atoms with E-state index < -0.39 is 6.10 Å². The Morgan fingerprint density at radius 2 is 1.15 bits per heavy atom. The molecule has 242 valence electrons. The van der Waals surface area contributed by atoms with E-state index in [-0.39, 0.29) is 18.5 Å². The molecule has 0 amide bonds. The zero-order valence-corrected chi connectivity index (χ0v) is 29.6. The number of hydrogen-bond donors (Lipinski definition) is 0. The minimum absolute atomic E-state index is 0.161. The molecule has 0 spiro atoms. The van der Waals surface area contributed by atoms with E-state index >= 15 is 0 Å². The summed E-state index contributed by atoms with van der Waals surface area (Å²) in [4.78, 5) is 27.6. The van der Waals surface area contributed by atoms with Crippen LogP contribution in [-0.2, 0) is 19.1 Å². The average Bonchev–Trinajstić information content (AvgIpc) is 2.79. The van der Waals surface area contributed by atoms with Crippen LogP contribution in [0.4, 0.5) is 0 Å². The SMILES string of the molecule is CC(C)(C)CC(C)(C)CCCCCC(=O)OCC(CN1CCSCC1)OC(=O)CCCCCC(C)(C)CC(C)(C)C.